The summed E-state index contributed by atoms with van der Waals surface area (Å²) in [5, 5.41) is 8.86. The molecule has 5 heteroatoms. The molecule has 4 rings (SSSR count). The third-order valence-corrected chi connectivity index (χ3v) is 6.45. The second-order valence-corrected chi connectivity index (χ2v) is 9.38. The molecule has 0 aliphatic rings. The van der Waals surface area contributed by atoms with Crippen molar-refractivity contribution in [3.8, 4) is 16.9 Å². The molecule has 0 heterocycles. The summed E-state index contributed by atoms with van der Waals surface area (Å²) < 4.78 is 15.1. The Morgan fingerprint density at radius 3 is 2.10 bits per heavy atom. The third-order valence-electron chi connectivity index (χ3n) is 6.45. The molecule has 5 nitrogen and oxygen atoms in total. The summed E-state index contributed by atoms with van der Waals surface area (Å²) in [6.45, 7) is -0.623. The van der Waals surface area contributed by atoms with Crippen molar-refractivity contribution in [2.75, 3.05) is 13.2 Å². The van der Waals surface area contributed by atoms with Crippen LogP contribution in [0.4, 0.5) is 0 Å². The molecule has 39 heavy (non-hydrogen) atoms. The van der Waals surface area contributed by atoms with Crippen LogP contribution in [0.3, 0.4) is 0 Å². The Labute approximate surface area is 232 Å². The molecule has 0 fully saturated rings. The largest absolute Gasteiger partial charge is 0.493 e. The van der Waals surface area contributed by atoms with Gasteiger partial charge >= 0.3 is 0 Å². The lowest BCUT2D eigenvalue weighted by Crippen LogP contribution is -2.30. The summed E-state index contributed by atoms with van der Waals surface area (Å²) in [6, 6.07) is 34.5. The van der Waals surface area contributed by atoms with E-state index in [2.05, 4.69) is 0 Å². The maximum atomic E-state index is 13.9. The van der Waals surface area contributed by atoms with Crippen LogP contribution in [-0.2, 0) is 17.9 Å². The van der Waals surface area contributed by atoms with E-state index in [1.54, 1.807) is 4.90 Å². The highest BCUT2D eigenvalue weighted by atomic mass is 16.5. The summed E-state index contributed by atoms with van der Waals surface area (Å²) in [4.78, 5) is 26.7. The van der Waals surface area contributed by atoms with Crippen molar-refractivity contribution >= 4 is 11.7 Å². The highest BCUT2D eigenvalue weighted by Crippen LogP contribution is 2.24. The predicted molar refractivity (Wildman–Crippen MR) is 154 cm³/mol. The molecule has 200 valence electrons. The molecular weight excluding hydrogens is 486 g/mol. The minimum Gasteiger partial charge on any atom is -0.493 e. The van der Waals surface area contributed by atoms with E-state index < -0.39 is 13.1 Å². The lowest BCUT2D eigenvalue weighted by atomic mass is 10.0. The molecule has 0 bridgehead atoms. The predicted octanol–water partition coefficient (Wildman–Crippen LogP) is 6.70. The van der Waals surface area contributed by atoms with E-state index in [1.165, 1.54) is 0 Å². The van der Waals surface area contributed by atoms with Crippen molar-refractivity contribution in [3.05, 3.63) is 126 Å². The maximum Gasteiger partial charge on any atom is 0.254 e. The van der Waals surface area contributed by atoms with Gasteiger partial charge in [0.15, 0.2) is 5.78 Å². The molecule has 1 amide bonds. The van der Waals surface area contributed by atoms with Gasteiger partial charge in [0, 0.05) is 30.6 Å². The maximum absolute atomic E-state index is 13.9. The van der Waals surface area contributed by atoms with Crippen molar-refractivity contribution < 1.29 is 20.8 Å². The molecule has 0 aromatic heterocycles. The zero-order valence-corrected chi connectivity index (χ0v) is 22.0. The number of rotatable bonds is 14. The molecule has 4 aromatic carbocycles. The molecule has 0 aliphatic heterocycles. The van der Waals surface area contributed by atoms with Gasteiger partial charge in [-0.3, -0.25) is 9.59 Å². The first-order chi connectivity index (χ1) is 19.6. The number of hydrogen-bond donors (Lipinski definition) is 1. The van der Waals surface area contributed by atoms with E-state index in [0.717, 1.165) is 35.1 Å². The van der Waals surface area contributed by atoms with Crippen molar-refractivity contribution in [3.63, 3.8) is 0 Å². The lowest BCUT2D eigenvalue weighted by Gasteiger charge is -2.24. The summed E-state index contributed by atoms with van der Waals surface area (Å²) in [5.74, 6) is 0.298. The van der Waals surface area contributed by atoms with Crippen LogP contribution in [0.2, 0.25) is 0 Å². The molecule has 0 radical (unpaired) electrons. The Morgan fingerprint density at radius 2 is 1.38 bits per heavy atom. The number of ketones is 1. The minimum absolute atomic E-state index is 0.144. The number of carbonyl (C=O) groups is 2. The van der Waals surface area contributed by atoms with Crippen molar-refractivity contribution in [2.24, 2.45) is 0 Å². The number of nitrogens with zero attached hydrogens (tertiary/aromatic N) is 1. The Balaban J connectivity index is 1.51. The second kappa shape index (κ2) is 14.6. The number of benzene rings is 4. The molecule has 1 atom stereocenters. The van der Waals surface area contributed by atoms with Gasteiger partial charge in [-0.2, -0.15) is 0 Å². The number of aliphatic hydroxyl groups is 1. The van der Waals surface area contributed by atoms with Crippen molar-refractivity contribution in [2.45, 2.75) is 38.7 Å². The fourth-order valence-electron chi connectivity index (χ4n) is 4.32. The highest BCUT2D eigenvalue weighted by Gasteiger charge is 2.19. The smallest absolute Gasteiger partial charge is 0.254 e. The fraction of sp³-hybridized carbons (Fsp3) is 0.235. The SMILES string of the molecule is [2H]C(c1ccccc1)N(Cc1ccccc1OCCCCCC(=O)CO)C(=O)c1ccc(-c2ccccc2)cc1. The monoisotopic (exact) mass is 522 g/mol. The number of para-hydroxylation sites is 1. The molecule has 0 aliphatic carbocycles. The van der Waals surface area contributed by atoms with Gasteiger partial charge in [-0.1, -0.05) is 91.0 Å². The van der Waals surface area contributed by atoms with Gasteiger partial charge < -0.3 is 14.7 Å². The molecule has 0 spiro atoms. The normalized spacial score (nSPS) is 11.9. The van der Waals surface area contributed by atoms with Gasteiger partial charge in [0.25, 0.3) is 5.91 Å². The standard InChI is InChI=1S/C34H35NO4/c36-26-32(37)17-8-3-11-23-39-33-18-10-9-16-31(33)25-35(24-27-12-4-1-5-13-27)34(38)30-21-19-29(20-22-30)28-14-6-2-7-15-28/h1-2,4-7,9-10,12-16,18-22,36H,3,8,11,17,23-26H2/i24D. The molecular formula is C34H35NO4. The van der Waals surface area contributed by atoms with Gasteiger partial charge in [0.05, 0.1) is 7.98 Å². The van der Waals surface area contributed by atoms with Crippen LogP contribution in [0.15, 0.2) is 109 Å². The van der Waals surface area contributed by atoms with Crippen LogP contribution < -0.4 is 4.74 Å². The first-order valence-corrected chi connectivity index (χ1v) is 13.3. The van der Waals surface area contributed by atoms with Crippen LogP contribution in [-0.4, -0.2) is 34.9 Å². The Kier molecular flexibility index (Phi) is 9.91. The topological polar surface area (TPSA) is 66.8 Å². The number of hydrogen-bond acceptors (Lipinski definition) is 4. The zero-order valence-electron chi connectivity index (χ0n) is 23.0. The van der Waals surface area contributed by atoms with E-state index in [-0.39, 0.29) is 18.2 Å². The minimum atomic E-state index is -0.903. The van der Waals surface area contributed by atoms with Crippen LogP contribution in [0.5, 0.6) is 5.75 Å². The molecule has 0 saturated heterocycles. The number of ether oxygens (including phenoxy) is 1. The summed E-state index contributed by atoms with van der Waals surface area (Å²) in [5.41, 5.74) is 4.16. The summed E-state index contributed by atoms with van der Waals surface area (Å²) in [6.07, 6.45) is 2.68. The summed E-state index contributed by atoms with van der Waals surface area (Å²) in [7, 11) is 0. The zero-order chi connectivity index (χ0) is 28.2. The average molecular weight is 523 g/mol. The van der Waals surface area contributed by atoms with E-state index in [4.69, 9.17) is 11.2 Å². The van der Waals surface area contributed by atoms with Crippen LogP contribution in [0.25, 0.3) is 11.1 Å². The quantitative estimate of drug-likeness (QED) is 0.187. The van der Waals surface area contributed by atoms with Crippen molar-refractivity contribution in [1.82, 2.24) is 4.90 Å². The van der Waals surface area contributed by atoms with E-state index >= 15 is 0 Å². The number of carbonyl (C=O) groups excluding carboxylic acids is 2. The lowest BCUT2D eigenvalue weighted by molar-refractivity contribution is -0.121. The number of unbranched alkanes of at least 4 members (excludes halogenated alkanes) is 2. The molecule has 1 unspecified atom stereocenters. The number of Topliss-reactive ketones (excluding diaryl/α,β-unsaturated/α-hetero) is 1. The second-order valence-electron chi connectivity index (χ2n) is 9.38. The number of amides is 1. The Morgan fingerprint density at radius 1 is 0.744 bits per heavy atom. The van der Waals surface area contributed by atoms with Crippen LogP contribution in [0, 0.1) is 0 Å². The fourth-order valence-corrected chi connectivity index (χ4v) is 4.32. The van der Waals surface area contributed by atoms with E-state index in [1.807, 2.05) is 109 Å². The Hall–Kier alpha value is -4.22. The summed E-state index contributed by atoms with van der Waals surface area (Å²) >= 11 is 0. The Bertz CT molecular complexity index is 1360. The first kappa shape index (κ1) is 26.4. The molecule has 0 saturated carbocycles. The number of aliphatic hydroxyl groups excluding tert-OH is 1. The van der Waals surface area contributed by atoms with E-state index in [9.17, 15) is 9.59 Å². The first-order valence-electron chi connectivity index (χ1n) is 13.9. The van der Waals surface area contributed by atoms with Gasteiger partial charge in [-0.15, -0.1) is 0 Å². The van der Waals surface area contributed by atoms with Gasteiger partial charge in [-0.05, 0) is 54.2 Å². The van der Waals surface area contributed by atoms with Gasteiger partial charge in [-0.25, -0.2) is 0 Å². The molecule has 4 aromatic rings. The van der Waals surface area contributed by atoms with E-state index in [0.29, 0.717) is 30.8 Å². The average Bonchev–Trinajstić information content (AvgIpc) is 3.02. The van der Waals surface area contributed by atoms with Gasteiger partial charge in [0.1, 0.15) is 12.4 Å². The van der Waals surface area contributed by atoms with Crippen molar-refractivity contribution in [1.29, 1.82) is 0 Å². The highest BCUT2D eigenvalue weighted by molar-refractivity contribution is 5.94. The molecule has 1 N–H and O–H groups in total. The third kappa shape index (κ3) is 8.39. The van der Waals surface area contributed by atoms with Crippen LogP contribution in [0.1, 0.15) is 48.5 Å². The van der Waals surface area contributed by atoms with Crippen LogP contribution >= 0.6 is 0 Å². The van der Waals surface area contributed by atoms with Gasteiger partial charge in [0.2, 0.25) is 0 Å².